The number of ether oxygens (including phenoxy) is 1. The summed E-state index contributed by atoms with van der Waals surface area (Å²) in [5.74, 6) is 0.114. The molecule has 9 heteroatoms. The maximum atomic E-state index is 15.7. The van der Waals surface area contributed by atoms with E-state index in [-0.39, 0.29) is 42.1 Å². The minimum atomic E-state index is -3.00. The highest BCUT2D eigenvalue weighted by atomic mass is 28.4. The van der Waals surface area contributed by atoms with Crippen molar-refractivity contribution in [3.8, 4) is 0 Å². The zero-order valence-corrected chi connectivity index (χ0v) is 26.9. The molecule has 3 heterocycles. The number of nitrogens with zero attached hydrogens (tertiary/aromatic N) is 4. The first-order valence-electron chi connectivity index (χ1n) is 16.0. The lowest BCUT2D eigenvalue weighted by Gasteiger charge is -2.28. The van der Waals surface area contributed by atoms with Gasteiger partial charge >= 0.3 is 0 Å². The Bertz CT molecular complexity index is 1330. The van der Waals surface area contributed by atoms with E-state index < -0.39 is 8.41 Å². The Labute approximate surface area is 256 Å². The zero-order chi connectivity index (χ0) is 30.4. The Hall–Kier alpha value is -2.88. The van der Waals surface area contributed by atoms with E-state index in [1.54, 1.807) is 17.8 Å². The van der Waals surface area contributed by atoms with Crippen molar-refractivity contribution in [1.82, 2.24) is 15.0 Å². The topological polar surface area (TPSA) is 80.5 Å². The van der Waals surface area contributed by atoms with Crippen LogP contribution in [0.4, 0.5) is 9.80 Å². The quantitative estimate of drug-likeness (QED) is 0.195. The second kappa shape index (κ2) is 14.3. The maximum absolute atomic E-state index is 15.7. The lowest BCUT2D eigenvalue weighted by molar-refractivity contribution is -0.118. The SMILES string of the molecule is C[C@H]1[C@H]([Si](C)(C)F)[C@@H](CCn2cc(C(CO)c3ccccc3)nn2)O[C@H]1CCc1cccc(N2CCCCCCC2=O)c1. The molecule has 0 radical (unpaired) electrons. The zero-order valence-electron chi connectivity index (χ0n) is 25.9. The number of hydrogen-bond acceptors (Lipinski definition) is 5. The van der Waals surface area contributed by atoms with Gasteiger partial charge in [0, 0.05) is 36.9 Å². The third-order valence-corrected chi connectivity index (χ3v) is 11.9. The van der Waals surface area contributed by atoms with Crippen molar-refractivity contribution in [2.45, 2.75) is 102 Å². The standard InChI is InChI=1S/C34H47FN4O3Si/c1-25-31(18-17-26-12-11-15-28(22-26)39-20-10-5-4-9-16-33(39)41)42-32(34(25)43(2,3)35)19-21-38-23-30(36-37-38)29(24-40)27-13-7-6-8-14-27/h6-8,11-15,22-23,25,29,31-32,34,40H,4-5,9-10,16-21,24H2,1-3H3/t25-,29?,31+,32-,34+/m1/s1. The molecule has 232 valence electrons. The van der Waals surface area contributed by atoms with Crippen LogP contribution in [0.15, 0.2) is 60.8 Å². The van der Waals surface area contributed by atoms with E-state index in [2.05, 4.69) is 29.4 Å². The van der Waals surface area contributed by atoms with Crippen molar-refractivity contribution >= 4 is 20.0 Å². The van der Waals surface area contributed by atoms with Gasteiger partial charge in [0.05, 0.1) is 30.4 Å². The molecule has 7 nitrogen and oxygen atoms in total. The molecule has 1 amide bonds. The van der Waals surface area contributed by atoms with Gasteiger partial charge in [0.15, 0.2) is 0 Å². The fourth-order valence-electron chi connectivity index (χ4n) is 7.17. The molecule has 1 unspecified atom stereocenters. The largest absolute Gasteiger partial charge is 0.395 e. The molecule has 0 saturated carbocycles. The van der Waals surface area contributed by atoms with E-state index in [9.17, 15) is 9.90 Å². The number of aromatic nitrogens is 3. The van der Waals surface area contributed by atoms with Gasteiger partial charge in [-0.15, -0.1) is 5.10 Å². The molecule has 2 aliphatic rings. The van der Waals surface area contributed by atoms with Crippen LogP contribution in [0.1, 0.15) is 74.6 Å². The van der Waals surface area contributed by atoms with Gasteiger partial charge in [-0.25, -0.2) is 0 Å². The summed E-state index contributed by atoms with van der Waals surface area (Å²) in [6.45, 7) is 7.07. The van der Waals surface area contributed by atoms with Crippen LogP contribution in [0.5, 0.6) is 0 Å². The average molecular weight is 607 g/mol. The first-order valence-corrected chi connectivity index (χ1v) is 19.0. The average Bonchev–Trinajstić information content (AvgIpc) is 3.58. The van der Waals surface area contributed by atoms with Crippen molar-refractivity contribution in [3.63, 3.8) is 0 Å². The molecule has 5 rings (SSSR count). The summed E-state index contributed by atoms with van der Waals surface area (Å²) in [5, 5.41) is 18.7. The van der Waals surface area contributed by atoms with E-state index in [1.807, 2.05) is 53.6 Å². The molecule has 2 aliphatic heterocycles. The van der Waals surface area contributed by atoms with Gasteiger partial charge in [-0.3, -0.25) is 9.48 Å². The lowest BCUT2D eigenvalue weighted by atomic mass is 9.95. The Kier molecular flexibility index (Phi) is 10.5. The van der Waals surface area contributed by atoms with Crippen LogP contribution in [0.3, 0.4) is 0 Å². The highest BCUT2D eigenvalue weighted by Crippen LogP contribution is 2.47. The summed E-state index contributed by atoms with van der Waals surface area (Å²) < 4.78 is 24.1. The number of halogens is 1. The number of rotatable bonds is 11. The van der Waals surface area contributed by atoms with Crippen LogP contribution in [0.2, 0.25) is 18.6 Å². The fraction of sp³-hybridized carbons (Fsp3) is 0.559. The van der Waals surface area contributed by atoms with Crippen molar-refractivity contribution < 1.29 is 18.7 Å². The number of aliphatic hydroxyl groups excluding tert-OH is 1. The fourth-order valence-corrected chi connectivity index (χ4v) is 9.76. The van der Waals surface area contributed by atoms with Crippen LogP contribution in [0.25, 0.3) is 0 Å². The normalized spacial score (nSPS) is 24.1. The molecule has 2 aromatic carbocycles. The Morgan fingerprint density at radius 3 is 2.60 bits per heavy atom. The molecule has 2 fully saturated rings. The number of anilines is 1. The first kappa shape index (κ1) is 31.5. The summed E-state index contributed by atoms with van der Waals surface area (Å²) in [7, 11) is -3.00. The first-order chi connectivity index (χ1) is 20.7. The summed E-state index contributed by atoms with van der Waals surface area (Å²) in [5.41, 5.74) is 3.80. The predicted octanol–water partition coefficient (Wildman–Crippen LogP) is 6.67. The Morgan fingerprint density at radius 1 is 1.05 bits per heavy atom. The maximum Gasteiger partial charge on any atom is 0.246 e. The molecule has 1 aromatic heterocycles. The molecule has 3 aromatic rings. The van der Waals surface area contributed by atoms with E-state index in [4.69, 9.17) is 4.74 Å². The molecular weight excluding hydrogens is 559 g/mol. The summed E-state index contributed by atoms with van der Waals surface area (Å²) in [4.78, 5) is 14.7. The van der Waals surface area contributed by atoms with Gasteiger partial charge in [0.2, 0.25) is 14.3 Å². The number of hydrogen-bond donors (Lipinski definition) is 1. The summed E-state index contributed by atoms with van der Waals surface area (Å²) in [6.07, 6.45) is 8.94. The number of aryl methyl sites for hydroxylation is 2. The van der Waals surface area contributed by atoms with Gasteiger partial charge in [0.25, 0.3) is 0 Å². The van der Waals surface area contributed by atoms with Gasteiger partial charge in [-0.2, -0.15) is 0 Å². The minimum Gasteiger partial charge on any atom is -0.395 e. The molecule has 0 aliphatic carbocycles. The number of carbonyl (C=O) groups is 1. The summed E-state index contributed by atoms with van der Waals surface area (Å²) in [6, 6.07) is 18.2. The Morgan fingerprint density at radius 2 is 1.84 bits per heavy atom. The number of benzene rings is 2. The van der Waals surface area contributed by atoms with Crippen LogP contribution in [-0.4, -0.2) is 59.8 Å². The highest BCUT2D eigenvalue weighted by Gasteiger charge is 2.50. The Balaban J connectivity index is 1.22. The van der Waals surface area contributed by atoms with E-state index in [0.29, 0.717) is 19.4 Å². The number of carbonyl (C=O) groups excluding carboxylic acids is 1. The van der Waals surface area contributed by atoms with Crippen molar-refractivity contribution in [2.24, 2.45) is 5.92 Å². The smallest absolute Gasteiger partial charge is 0.246 e. The van der Waals surface area contributed by atoms with E-state index in [0.717, 1.165) is 55.6 Å². The molecule has 0 spiro atoms. The monoisotopic (exact) mass is 606 g/mol. The van der Waals surface area contributed by atoms with Gasteiger partial charge in [-0.1, -0.05) is 67.4 Å². The number of amides is 1. The number of aliphatic hydroxyl groups is 1. The molecule has 5 atom stereocenters. The van der Waals surface area contributed by atoms with E-state index >= 15 is 4.11 Å². The highest BCUT2D eigenvalue weighted by molar-refractivity contribution is 6.72. The third kappa shape index (κ3) is 7.80. The molecular formula is C34H47FN4O3Si. The third-order valence-electron chi connectivity index (χ3n) is 9.40. The van der Waals surface area contributed by atoms with Crippen LogP contribution in [-0.2, 0) is 22.5 Å². The molecule has 2 saturated heterocycles. The minimum absolute atomic E-state index is 0.0207. The van der Waals surface area contributed by atoms with E-state index in [1.165, 1.54) is 12.0 Å². The van der Waals surface area contributed by atoms with Crippen LogP contribution >= 0.6 is 0 Å². The van der Waals surface area contributed by atoms with Gasteiger partial charge in [0.1, 0.15) is 0 Å². The van der Waals surface area contributed by atoms with Crippen molar-refractivity contribution in [2.75, 3.05) is 18.1 Å². The molecule has 0 bridgehead atoms. The molecule has 43 heavy (non-hydrogen) atoms. The van der Waals surface area contributed by atoms with Gasteiger partial charge < -0.3 is 18.9 Å². The van der Waals surface area contributed by atoms with Crippen molar-refractivity contribution in [1.29, 1.82) is 0 Å². The van der Waals surface area contributed by atoms with Gasteiger partial charge in [-0.05, 0) is 74.4 Å². The van der Waals surface area contributed by atoms with Crippen LogP contribution in [0, 0.1) is 5.92 Å². The van der Waals surface area contributed by atoms with Crippen molar-refractivity contribution in [3.05, 3.63) is 77.6 Å². The second-order valence-corrected chi connectivity index (χ2v) is 16.7. The van der Waals surface area contributed by atoms with Crippen LogP contribution < -0.4 is 4.90 Å². The molecule has 1 N–H and O–H groups in total. The second-order valence-electron chi connectivity index (χ2n) is 12.9. The summed E-state index contributed by atoms with van der Waals surface area (Å²) >= 11 is 0. The predicted molar refractivity (Wildman–Crippen MR) is 170 cm³/mol. The lowest BCUT2D eigenvalue weighted by Crippen LogP contribution is -2.36.